The number of esters is 1. The number of fused-ring (bicyclic) bond motifs is 7. The van der Waals surface area contributed by atoms with Crippen LogP contribution in [0, 0.1) is 0 Å². The molecule has 0 aromatic heterocycles. The molecule has 0 spiro atoms. The molecule has 0 radical (unpaired) electrons. The van der Waals surface area contributed by atoms with Crippen molar-refractivity contribution < 1.29 is 19.1 Å². The van der Waals surface area contributed by atoms with Crippen LogP contribution in [-0.2, 0) is 15.6 Å². The maximum absolute atomic E-state index is 14.7. The van der Waals surface area contributed by atoms with Gasteiger partial charge in [-0.05, 0) is 63.5 Å². The van der Waals surface area contributed by atoms with Gasteiger partial charge in [0.05, 0.1) is 16.8 Å². The monoisotopic (exact) mass is 643 g/mol. The summed E-state index contributed by atoms with van der Waals surface area (Å²) >= 11 is 3.47. The molecule has 0 saturated heterocycles. The molecule has 5 aromatic carbocycles. The first-order valence-corrected chi connectivity index (χ1v) is 15.4. The van der Waals surface area contributed by atoms with Crippen molar-refractivity contribution in [1.29, 1.82) is 0 Å². The van der Waals surface area contributed by atoms with Gasteiger partial charge < -0.3 is 4.74 Å². The molecule has 2 aliphatic rings. The highest BCUT2D eigenvalue weighted by atomic mass is 79.9. The molecule has 0 unspecified atom stereocenters. The fourth-order valence-corrected chi connectivity index (χ4v) is 7.27. The van der Waals surface area contributed by atoms with E-state index in [9.17, 15) is 14.4 Å². The highest BCUT2D eigenvalue weighted by Crippen LogP contribution is 2.57. The number of anilines is 1. The number of benzene rings is 5. The molecule has 0 N–H and O–H groups in total. The summed E-state index contributed by atoms with van der Waals surface area (Å²) < 4.78 is 6.58. The number of amides is 2. The Hall–Kier alpha value is -4.55. The quantitative estimate of drug-likeness (QED) is 0.111. The highest BCUT2D eigenvalue weighted by molar-refractivity contribution is 9.10. The maximum Gasteiger partial charge on any atom is 0.308 e. The first-order chi connectivity index (χ1) is 20.9. The Morgan fingerprint density at radius 3 is 2.00 bits per heavy atom. The van der Waals surface area contributed by atoms with Crippen LogP contribution in [0.15, 0.2) is 95.5 Å². The van der Waals surface area contributed by atoms with Crippen molar-refractivity contribution in [3.8, 4) is 16.9 Å². The highest BCUT2D eigenvalue weighted by Gasteiger charge is 2.49. The molecule has 7 rings (SSSR count). The molecule has 1 aliphatic carbocycles. The zero-order valence-corrected chi connectivity index (χ0v) is 26.7. The zero-order valence-electron chi connectivity index (χ0n) is 25.1. The minimum absolute atomic E-state index is 0.332. The zero-order chi connectivity index (χ0) is 31.1. The maximum atomic E-state index is 14.7. The van der Waals surface area contributed by atoms with Crippen molar-refractivity contribution in [2.45, 2.75) is 45.4 Å². The molecule has 1 heterocycles. The molecule has 218 valence electrons. The molecule has 5 aromatic rings. The first-order valence-electron chi connectivity index (χ1n) is 14.6. The number of nitrogens with zero attached hydrogens (tertiary/aromatic N) is 1. The van der Waals surface area contributed by atoms with Crippen molar-refractivity contribution in [2.24, 2.45) is 0 Å². The van der Waals surface area contributed by atoms with Crippen LogP contribution < -0.4 is 9.64 Å². The molecule has 0 fully saturated rings. The lowest BCUT2D eigenvalue weighted by atomic mass is 9.72. The van der Waals surface area contributed by atoms with Crippen LogP contribution in [-0.4, -0.2) is 17.8 Å². The van der Waals surface area contributed by atoms with E-state index in [0.29, 0.717) is 22.6 Å². The number of hydrogen-bond acceptors (Lipinski definition) is 4. The minimum Gasteiger partial charge on any atom is -0.426 e. The Morgan fingerprint density at radius 1 is 0.750 bits per heavy atom. The van der Waals surface area contributed by atoms with E-state index in [-0.39, 0.29) is 11.8 Å². The number of hydrogen-bond donors (Lipinski definition) is 0. The van der Waals surface area contributed by atoms with E-state index in [4.69, 9.17) is 4.74 Å². The first kappa shape index (κ1) is 28.2. The van der Waals surface area contributed by atoms with E-state index in [0.717, 1.165) is 48.6 Å². The van der Waals surface area contributed by atoms with Crippen molar-refractivity contribution >= 4 is 50.2 Å². The predicted molar refractivity (Wildman–Crippen MR) is 177 cm³/mol. The summed E-state index contributed by atoms with van der Waals surface area (Å²) in [5.41, 5.74) is 5.65. The van der Waals surface area contributed by atoms with Crippen LogP contribution in [0.5, 0.6) is 5.75 Å². The van der Waals surface area contributed by atoms with E-state index in [2.05, 4.69) is 61.8 Å². The number of rotatable bonds is 4. The van der Waals surface area contributed by atoms with Crippen LogP contribution in [0.3, 0.4) is 0 Å². The molecule has 6 heteroatoms. The van der Waals surface area contributed by atoms with Gasteiger partial charge in [0.15, 0.2) is 0 Å². The Labute approximate surface area is 264 Å². The second-order valence-electron chi connectivity index (χ2n) is 12.6. The van der Waals surface area contributed by atoms with Crippen molar-refractivity contribution in [3.05, 3.63) is 129 Å². The van der Waals surface area contributed by atoms with Gasteiger partial charge in [0, 0.05) is 33.2 Å². The van der Waals surface area contributed by atoms with Crippen LogP contribution in [0.25, 0.3) is 21.9 Å². The molecular weight excluding hydrogens is 614 g/mol. The van der Waals surface area contributed by atoms with Gasteiger partial charge in [-0.15, -0.1) is 0 Å². The van der Waals surface area contributed by atoms with E-state index in [1.807, 2.05) is 60.7 Å². The molecule has 0 atom stereocenters. The summed E-state index contributed by atoms with van der Waals surface area (Å²) in [6, 6.07) is 29.2. The van der Waals surface area contributed by atoms with Crippen molar-refractivity contribution in [2.75, 3.05) is 4.90 Å². The number of imide groups is 1. The van der Waals surface area contributed by atoms with Gasteiger partial charge in [0.2, 0.25) is 0 Å². The SMILES string of the molecule is CC(=O)Oc1cc2c(c3ccccc13)-c1c(cc(C(C)(C)c3ccccc3)c3c1C(=O)N(c1ccc(Br)cc1)C3=O)C2(C)C. The Bertz CT molecular complexity index is 2060. The van der Waals surface area contributed by atoms with Gasteiger partial charge in [-0.2, -0.15) is 0 Å². The lowest BCUT2D eigenvalue weighted by Gasteiger charge is -2.30. The van der Waals surface area contributed by atoms with Gasteiger partial charge >= 0.3 is 5.97 Å². The van der Waals surface area contributed by atoms with E-state index in [1.54, 1.807) is 12.1 Å². The number of ether oxygens (including phenoxy) is 1. The molecule has 0 bridgehead atoms. The molecule has 44 heavy (non-hydrogen) atoms. The molecular formula is C38H30BrNO4. The Kier molecular flexibility index (Phi) is 6.24. The van der Waals surface area contributed by atoms with Crippen LogP contribution in [0.2, 0.25) is 0 Å². The van der Waals surface area contributed by atoms with Crippen molar-refractivity contribution in [1.82, 2.24) is 0 Å². The molecule has 2 amide bonds. The van der Waals surface area contributed by atoms with E-state index >= 15 is 0 Å². The summed E-state index contributed by atoms with van der Waals surface area (Å²) in [6.45, 7) is 9.86. The standard InChI is InChI=1S/C38H30BrNO4/c1-21(41)44-30-20-29-31(26-14-10-9-13-25(26)30)32-27(38(29,4)5)19-28(37(2,3)22-11-7-6-8-12-22)33-34(32)36(43)40(35(33)42)24-17-15-23(39)16-18-24/h6-20H,1-5H3. The minimum atomic E-state index is -0.595. The van der Waals surface area contributed by atoms with Gasteiger partial charge in [-0.1, -0.05) is 104 Å². The molecule has 0 saturated carbocycles. The summed E-state index contributed by atoms with van der Waals surface area (Å²) in [4.78, 5) is 42.6. The third-order valence-electron chi connectivity index (χ3n) is 9.27. The summed E-state index contributed by atoms with van der Waals surface area (Å²) in [6.07, 6.45) is 0. The average molecular weight is 645 g/mol. The van der Waals surface area contributed by atoms with Gasteiger partial charge in [-0.3, -0.25) is 14.4 Å². The fourth-order valence-electron chi connectivity index (χ4n) is 7.00. The predicted octanol–water partition coefficient (Wildman–Crippen LogP) is 8.96. The smallest absolute Gasteiger partial charge is 0.308 e. The van der Waals surface area contributed by atoms with E-state index in [1.165, 1.54) is 11.8 Å². The average Bonchev–Trinajstić information content (AvgIpc) is 3.39. The number of carbonyl (C=O) groups excluding carboxylic acids is 3. The molecule has 5 nitrogen and oxygen atoms in total. The summed E-state index contributed by atoms with van der Waals surface area (Å²) in [7, 11) is 0. The second kappa shape index (κ2) is 9.73. The lowest BCUT2D eigenvalue weighted by molar-refractivity contribution is -0.131. The lowest BCUT2D eigenvalue weighted by Crippen LogP contribution is -2.30. The van der Waals surface area contributed by atoms with Gasteiger partial charge in [0.1, 0.15) is 5.75 Å². The fraction of sp³-hybridized carbons (Fsp3) is 0.184. The third-order valence-corrected chi connectivity index (χ3v) is 9.80. The normalized spacial score (nSPS) is 14.9. The van der Waals surface area contributed by atoms with Gasteiger partial charge in [-0.25, -0.2) is 4.90 Å². The van der Waals surface area contributed by atoms with Crippen LogP contribution >= 0.6 is 15.9 Å². The Morgan fingerprint density at radius 2 is 1.34 bits per heavy atom. The third kappa shape index (κ3) is 3.93. The van der Waals surface area contributed by atoms with Crippen molar-refractivity contribution in [3.63, 3.8) is 0 Å². The van der Waals surface area contributed by atoms with Crippen LogP contribution in [0.1, 0.15) is 77.6 Å². The summed E-state index contributed by atoms with van der Waals surface area (Å²) in [5.74, 6) is -0.595. The number of halogens is 1. The largest absolute Gasteiger partial charge is 0.426 e. The number of carbonyl (C=O) groups is 3. The molecule has 1 aliphatic heterocycles. The van der Waals surface area contributed by atoms with Gasteiger partial charge in [0.25, 0.3) is 11.8 Å². The topological polar surface area (TPSA) is 63.7 Å². The van der Waals surface area contributed by atoms with E-state index < -0.39 is 16.8 Å². The second-order valence-corrected chi connectivity index (χ2v) is 13.5. The Balaban J connectivity index is 1.60. The summed E-state index contributed by atoms with van der Waals surface area (Å²) in [5, 5.41) is 1.64. The van der Waals surface area contributed by atoms with Crippen LogP contribution in [0.4, 0.5) is 5.69 Å².